The summed E-state index contributed by atoms with van der Waals surface area (Å²) in [5.74, 6) is -0.910. The minimum Gasteiger partial charge on any atom is -0.480 e. The van der Waals surface area contributed by atoms with Crippen LogP contribution in [0.3, 0.4) is 0 Å². The summed E-state index contributed by atoms with van der Waals surface area (Å²) in [5, 5.41) is 8.23. The zero-order chi connectivity index (χ0) is 18.3. The van der Waals surface area contributed by atoms with Crippen molar-refractivity contribution in [2.75, 3.05) is 0 Å². The molecule has 0 unspecified atom stereocenters. The largest absolute Gasteiger partial charge is 0.480 e. The Kier molecular flexibility index (Phi) is 8.80. The smallest absolute Gasteiger partial charge is 0.320 e. The highest BCUT2D eigenvalue weighted by Gasteiger charge is 2.14. The van der Waals surface area contributed by atoms with Crippen LogP contribution in [0.1, 0.15) is 25.0 Å². The van der Waals surface area contributed by atoms with Gasteiger partial charge in [0.15, 0.2) is 0 Å². The first kappa shape index (κ1) is 21.0. The number of rotatable bonds is 4. The average Bonchev–Trinajstić information content (AvgIpc) is 2.51. The first-order valence-corrected chi connectivity index (χ1v) is 9.60. The van der Waals surface area contributed by atoms with Gasteiger partial charge in [0, 0.05) is 13.4 Å². The third-order valence-electron chi connectivity index (χ3n) is 3.39. The molecule has 3 nitrogen and oxygen atoms in total. The Morgan fingerprint density at radius 3 is 2.21 bits per heavy atom. The van der Waals surface area contributed by atoms with Crippen LogP contribution in [0.4, 0.5) is 0 Å². The van der Waals surface area contributed by atoms with Crippen molar-refractivity contribution in [2.24, 2.45) is 11.7 Å². The van der Waals surface area contributed by atoms with Crippen molar-refractivity contribution in [2.45, 2.75) is 43.5 Å². The van der Waals surface area contributed by atoms with Gasteiger partial charge < -0.3 is 10.8 Å². The predicted octanol–water partition coefficient (Wildman–Crippen LogP) is 5.11. The Balaban J connectivity index is 0.000000307. The number of benzene rings is 2. The molecule has 0 fully saturated rings. The van der Waals surface area contributed by atoms with Gasteiger partial charge >= 0.3 is 5.97 Å². The molecule has 0 aliphatic carbocycles. The number of hydrogen-bond acceptors (Lipinski definition) is 3. The van der Waals surface area contributed by atoms with E-state index in [1.165, 1.54) is 24.5 Å². The number of carbonyl (C=O) groups is 1. The maximum absolute atomic E-state index is 10.0. The molecule has 0 amide bonds. The van der Waals surface area contributed by atoms with E-state index in [1.54, 1.807) is 13.8 Å². The van der Waals surface area contributed by atoms with E-state index in [4.69, 9.17) is 10.8 Å². The Labute approximate surface area is 162 Å². The van der Waals surface area contributed by atoms with Crippen molar-refractivity contribution in [3.05, 3.63) is 57.2 Å². The highest BCUT2D eigenvalue weighted by molar-refractivity contribution is 14.1. The molecule has 0 spiro atoms. The van der Waals surface area contributed by atoms with E-state index in [2.05, 4.69) is 78.9 Å². The number of aliphatic carboxylic acids is 1. The minimum absolute atomic E-state index is 0.0208. The summed E-state index contributed by atoms with van der Waals surface area (Å²) in [7, 11) is 0. The van der Waals surface area contributed by atoms with Gasteiger partial charge in [-0.25, -0.2) is 0 Å². The first-order chi connectivity index (χ1) is 11.2. The van der Waals surface area contributed by atoms with Crippen molar-refractivity contribution >= 4 is 40.3 Å². The zero-order valence-corrected chi connectivity index (χ0v) is 17.4. The number of aryl methyl sites for hydroxylation is 2. The summed E-state index contributed by atoms with van der Waals surface area (Å²) in [6, 6.07) is 14.4. The molecule has 3 N–H and O–H groups in total. The summed E-state index contributed by atoms with van der Waals surface area (Å²) in [5.41, 5.74) is 7.83. The Hall–Kier alpha value is -1.05. The van der Waals surface area contributed by atoms with Gasteiger partial charge in [0.25, 0.3) is 0 Å². The quantitative estimate of drug-likeness (QED) is 0.627. The third kappa shape index (κ3) is 6.83. The van der Waals surface area contributed by atoms with Gasteiger partial charge in [0.1, 0.15) is 6.04 Å². The van der Waals surface area contributed by atoms with Crippen molar-refractivity contribution in [3.8, 4) is 0 Å². The van der Waals surface area contributed by atoms with Gasteiger partial charge in [-0.3, -0.25) is 4.79 Å². The van der Waals surface area contributed by atoms with Gasteiger partial charge in [0.2, 0.25) is 0 Å². The lowest BCUT2D eigenvalue weighted by Crippen LogP contribution is -2.34. The SMILES string of the molecule is CC(C)[C@H](N)C(=O)O.Cc1ccc(Sc2ccccc2I)c(C)c1. The molecule has 24 heavy (non-hydrogen) atoms. The molecular weight excluding hydrogens is 433 g/mol. The second kappa shape index (κ2) is 10.1. The highest BCUT2D eigenvalue weighted by atomic mass is 127. The van der Waals surface area contributed by atoms with E-state index in [1.807, 2.05) is 11.8 Å². The molecule has 5 heteroatoms. The first-order valence-electron chi connectivity index (χ1n) is 7.70. The fraction of sp³-hybridized carbons (Fsp3) is 0.316. The van der Waals surface area contributed by atoms with Crippen LogP contribution in [0.5, 0.6) is 0 Å². The molecule has 0 aliphatic heterocycles. The standard InChI is InChI=1S/C14H13IS.C5H11NO2/c1-10-7-8-13(11(2)9-10)16-14-6-4-3-5-12(14)15;1-3(2)4(6)5(7)8/h3-9H,1-2H3;3-4H,6H2,1-2H3,(H,7,8)/t;4-/m.0/s1. The Bertz CT molecular complexity index is 689. The number of carboxylic acid groups (broad SMARTS) is 1. The highest BCUT2D eigenvalue weighted by Crippen LogP contribution is 2.33. The summed E-state index contributed by atoms with van der Waals surface area (Å²) in [4.78, 5) is 12.7. The van der Waals surface area contributed by atoms with Crippen molar-refractivity contribution < 1.29 is 9.90 Å². The average molecular weight is 457 g/mol. The lowest BCUT2D eigenvalue weighted by atomic mass is 10.1. The summed E-state index contributed by atoms with van der Waals surface area (Å²) < 4.78 is 1.31. The van der Waals surface area contributed by atoms with Crippen LogP contribution in [0.25, 0.3) is 0 Å². The van der Waals surface area contributed by atoms with E-state index in [9.17, 15) is 4.79 Å². The van der Waals surface area contributed by atoms with Crippen LogP contribution in [0.2, 0.25) is 0 Å². The molecule has 0 saturated carbocycles. The van der Waals surface area contributed by atoms with Gasteiger partial charge in [-0.1, -0.05) is 55.4 Å². The van der Waals surface area contributed by atoms with Gasteiger partial charge in [-0.2, -0.15) is 0 Å². The van der Waals surface area contributed by atoms with Crippen molar-refractivity contribution in [1.82, 2.24) is 0 Å². The molecule has 2 aromatic rings. The van der Waals surface area contributed by atoms with Gasteiger partial charge in [-0.15, -0.1) is 0 Å². The van der Waals surface area contributed by atoms with Crippen LogP contribution in [0, 0.1) is 23.3 Å². The van der Waals surface area contributed by atoms with E-state index in [-0.39, 0.29) is 5.92 Å². The molecule has 0 bridgehead atoms. The Morgan fingerprint density at radius 2 is 1.75 bits per heavy atom. The van der Waals surface area contributed by atoms with E-state index < -0.39 is 12.0 Å². The van der Waals surface area contributed by atoms with Crippen LogP contribution >= 0.6 is 34.4 Å². The maximum Gasteiger partial charge on any atom is 0.320 e. The maximum atomic E-state index is 10.0. The monoisotopic (exact) mass is 457 g/mol. The molecule has 2 aromatic carbocycles. The normalized spacial score (nSPS) is 11.6. The lowest BCUT2D eigenvalue weighted by molar-refractivity contribution is -0.139. The minimum atomic E-state index is -0.931. The summed E-state index contributed by atoms with van der Waals surface area (Å²) in [6.07, 6.45) is 0. The number of nitrogens with two attached hydrogens (primary N) is 1. The van der Waals surface area contributed by atoms with E-state index >= 15 is 0 Å². The number of halogens is 1. The molecule has 1 atom stereocenters. The fourth-order valence-electron chi connectivity index (χ4n) is 1.84. The number of carboxylic acids is 1. The molecule has 130 valence electrons. The Morgan fingerprint density at radius 1 is 1.12 bits per heavy atom. The zero-order valence-electron chi connectivity index (χ0n) is 14.4. The van der Waals surface area contributed by atoms with Crippen molar-refractivity contribution in [1.29, 1.82) is 0 Å². The second-order valence-corrected chi connectivity index (χ2v) is 8.16. The molecule has 0 saturated heterocycles. The van der Waals surface area contributed by atoms with E-state index in [0.29, 0.717) is 0 Å². The van der Waals surface area contributed by atoms with Crippen LogP contribution in [-0.4, -0.2) is 17.1 Å². The molecule has 2 rings (SSSR count). The molecular formula is C19H24INO2S. The lowest BCUT2D eigenvalue weighted by Gasteiger charge is -2.07. The molecule has 0 aliphatic rings. The predicted molar refractivity (Wildman–Crippen MR) is 110 cm³/mol. The third-order valence-corrected chi connectivity index (χ3v) is 5.95. The topological polar surface area (TPSA) is 63.3 Å². The fourth-order valence-corrected chi connectivity index (χ4v) is 3.47. The second-order valence-electron chi connectivity index (χ2n) is 5.91. The molecule has 0 radical (unpaired) electrons. The summed E-state index contributed by atoms with van der Waals surface area (Å²) >= 11 is 4.23. The van der Waals surface area contributed by atoms with Crippen molar-refractivity contribution in [3.63, 3.8) is 0 Å². The number of hydrogen-bond donors (Lipinski definition) is 2. The van der Waals surface area contributed by atoms with E-state index in [0.717, 1.165) is 0 Å². The van der Waals surface area contributed by atoms with Gasteiger partial charge in [-0.05, 0) is 66.1 Å². The molecule has 0 aromatic heterocycles. The molecule has 0 heterocycles. The van der Waals surface area contributed by atoms with Gasteiger partial charge in [0.05, 0.1) is 0 Å². The van der Waals surface area contributed by atoms with Crippen LogP contribution in [-0.2, 0) is 4.79 Å². The van der Waals surface area contributed by atoms with Crippen LogP contribution in [0.15, 0.2) is 52.3 Å². The summed E-state index contributed by atoms with van der Waals surface area (Å²) in [6.45, 7) is 7.86. The van der Waals surface area contributed by atoms with Crippen LogP contribution < -0.4 is 5.73 Å².